The molecule has 0 amide bonds. The summed E-state index contributed by atoms with van der Waals surface area (Å²) < 4.78 is 32.7. The molecule has 0 radical (unpaired) electrons. The second kappa shape index (κ2) is 39.5. The maximum atomic E-state index is 12.6. The Labute approximate surface area is 340 Å². The lowest BCUT2D eigenvalue weighted by Crippen LogP contribution is -2.34. The van der Waals surface area contributed by atoms with Crippen LogP contribution in [0, 0.1) is 0 Å². The Morgan fingerprint density at radius 1 is 0.554 bits per heavy atom. The molecule has 0 fully saturated rings. The van der Waals surface area contributed by atoms with Gasteiger partial charge in [0.15, 0.2) is 6.10 Å². The Bertz CT molecular complexity index is 1100. The van der Waals surface area contributed by atoms with Crippen LogP contribution in [-0.2, 0) is 37.5 Å². The van der Waals surface area contributed by atoms with Crippen molar-refractivity contribution in [3.63, 3.8) is 0 Å². The van der Waals surface area contributed by atoms with Crippen molar-refractivity contribution >= 4 is 25.7 Å². The molecule has 56 heavy (non-hydrogen) atoms. The van der Waals surface area contributed by atoms with Crippen LogP contribution >= 0.6 is 7.82 Å². The SMILES string of the molecule is CCCCC/C=C\C/C=C\CCCCCCCCCC(=O)OC[C@H](COP(=O)(O)OC[C@H](N)C(=O)O)OC(=O)CCCCCCC/C=C\CCCCCCCC. The summed E-state index contributed by atoms with van der Waals surface area (Å²) in [5.74, 6) is -2.40. The van der Waals surface area contributed by atoms with Crippen LogP contribution in [0.4, 0.5) is 0 Å². The van der Waals surface area contributed by atoms with E-state index in [9.17, 15) is 23.8 Å². The van der Waals surface area contributed by atoms with Gasteiger partial charge in [-0.3, -0.25) is 23.4 Å². The van der Waals surface area contributed by atoms with Gasteiger partial charge in [-0.05, 0) is 70.6 Å². The molecule has 11 nitrogen and oxygen atoms in total. The zero-order valence-electron chi connectivity index (χ0n) is 35.2. The number of esters is 2. The van der Waals surface area contributed by atoms with Crippen LogP contribution in [0.25, 0.3) is 0 Å². The van der Waals surface area contributed by atoms with E-state index in [0.29, 0.717) is 12.8 Å². The number of hydrogen-bond acceptors (Lipinski definition) is 9. The van der Waals surface area contributed by atoms with Gasteiger partial charge in [-0.1, -0.05) is 147 Å². The number of unbranched alkanes of at least 4 members (excludes halogenated alkanes) is 21. The van der Waals surface area contributed by atoms with Gasteiger partial charge in [0.25, 0.3) is 0 Å². The van der Waals surface area contributed by atoms with Crippen LogP contribution in [0.2, 0.25) is 0 Å². The third-order valence-electron chi connectivity index (χ3n) is 9.36. The van der Waals surface area contributed by atoms with E-state index in [1.54, 1.807) is 0 Å². The average molecular weight is 814 g/mol. The quantitative estimate of drug-likeness (QED) is 0.0232. The van der Waals surface area contributed by atoms with Crippen LogP contribution in [0.15, 0.2) is 36.5 Å². The van der Waals surface area contributed by atoms with E-state index < -0.39 is 51.1 Å². The van der Waals surface area contributed by atoms with E-state index >= 15 is 0 Å². The zero-order valence-corrected chi connectivity index (χ0v) is 36.1. The number of allylic oxidation sites excluding steroid dienone is 6. The first-order valence-corrected chi connectivity index (χ1v) is 23.5. The predicted octanol–water partition coefficient (Wildman–Crippen LogP) is 11.6. The van der Waals surface area contributed by atoms with Gasteiger partial charge in [0, 0.05) is 12.8 Å². The molecule has 0 saturated heterocycles. The molecule has 0 aliphatic carbocycles. The first-order valence-electron chi connectivity index (χ1n) is 22.0. The monoisotopic (exact) mass is 814 g/mol. The first-order chi connectivity index (χ1) is 27.1. The summed E-state index contributed by atoms with van der Waals surface area (Å²) in [5, 5.41) is 8.89. The lowest BCUT2D eigenvalue weighted by atomic mass is 10.1. The van der Waals surface area contributed by atoms with Crippen LogP contribution in [-0.4, -0.2) is 59.9 Å². The highest BCUT2D eigenvalue weighted by atomic mass is 31.2. The van der Waals surface area contributed by atoms with Crippen molar-refractivity contribution in [2.75, 3.05) is 19.8 Å². The molecule has 0 saturated carbocycles. The number of carboxylic acid groups (broad SMARTS) is 1. The van der Waals surface area contributed by atoms with E-state index in [4.69, 9.17) is 24.8 Å². The summed E-state index contributed by atoms with van der Waals surface area (Å²) in [6.45, 7) is 2.76. The third-order valence-corrected chi connectivity index (χ3v) is 10.3. The highest BCUT2D eigenvalue weighted by Gasteiger charge is 2.28. The van der Waals surface area contributed by atoms with Crippen molar-refractivity contribution in [3.8, 4) is 0 Å². The molecule has 0 bridgehead atoms. The Morgan fingerprint density at radius 2 is 0.946 bits per heavy atom. The predicted molar refractivity (Wildman–Crippen MR) is 226 cm³/mol. The average Bonchev–Trinajstić information content (AvgIpc) is 3.17. The van der Waals surface area contributed by atoms with Gasteiger partial charge in [-0.25, -0.2) is 4.57 Å². The minimum absolute atomic E-state index is 0.150. The van der Waals surface area contributed by atoms with E-state index in [2.05, 4.69) is 54.8 Å². The fraction of sp³-hybridized carbons (Fsp3) is 0.795. The molecule has 3 atom stereocenters. The normalized spacial score (nSPS) is 14.1. The summed E-state index contributed by atoms with van der Waals surface area (Å²) in [6.07, 6.45) is 42.0. The van der Waals surface area contributed by atoms with Gasteiger partial charge >= 0.3 is 25.7 Å². The fourth-order valence-electron chi connectivity index (χ4n) is 5.85. The Hall–Kier alpha value is -2.30. The molecule has 0 heterocycles. The fourth-order valence-corrected chi connectivity index (χ4v) is 6.63. The molecule has 0 aliphatic rings. The second-order valence-electron chi connectivity index (χ2n) is 14.8. The lowest BCUT2D eigenvalue weighted by Gasteiger charge is -2.20. The number of aliphatic carboxylic acids is 1. The minimum atomic E-state index is -4.72. The molecule has 1 unspecified atom stereocenters. The number of nitrogens with two attached hydrogens (primary N) is 1. The second-order valence-corrected chi connectivity index (χ2v) is 16.3. The van der Waals surface area contributed by atoms with E-state index in [0.717, 1.165) is 70.6 Å². The summed E-state index contributed by atoms with van der Waals surface area (Å²) in [4.78, 5) is 45.9. The molecular formula is C44H80NO10P. The molecule has 0 spiro atoms. The van der Waals surface area contributed by atoms with E-state index in [1.807, 2.05) is 0 Å². The van der Waals surface area contributed by atoms with E-state index in [-0.39, 0.29) is 19.4 Å². The maximum Gasteiger partial charge on any atom is 0.472 e. The molecule has 0 aromatic carbocycles. The molecule has 4 N–H and O–H groups in total. The van der Waals surface area contributed by atoms with E-state index in [1.165, 1.54) is 83.5 Å². The number of hydrogen-bond donors (Lipinski definition) is 3. The third kappa shape index (κ3) is 38.6. The number of ether oxygens (including phenoxy) is 2. The van der Waals surface area contributed by atoms with Gasteiger partial charge in [0.1, 0.15) is 12.6 Å². The van der Waals surface area contributed by atoms with Gasteiger partial charge in [-0.15, -0.1) is 0 Å². The zero-order chi connectivity index (χ0) is 41.4. The van der Waals surface area contributed by atoms with Gasteiger partial charge in [-0.2, -0.15) is 0 Å². The number of phosphoric acid groups is 1. The molecule has 0 aromatic rings. The lowest BCUT2D eigenvalue weighted by molar-refractivity contribution is -0.161. The Kier molecular flexibility index (Phi) is 37.9. The minimum Gasteiger partial charge on any atom is -0.480 e. The van der Waals surface area contributed by atoms with Gasteiger partial charge < -0.3 is 25.2 Å². The van der Waals surface area contributed by atoms with Gasteiger partial charge in [0.05, 0.1) is 13.2 Å². The molecule has 326 valence electrons. The Balaban J connectivity index is 4.37. The summed E-state index contributed by atoms with van der Waals surface area (Å²) in [7, 11) is -4.72. The number of carboxylic acids is 1. The molecule has 12 heteroatoms. The van der Waals surface area contributed by atoms with Crippen LogP contribution in [0.3, 0.4) is 0 Å². The van der Waals surface area contributed by atoms with Crippen molar-refractivity contribution in [1.29, 1.82) is 0 Å². The van der Waals surface area contributed by atoms with Crippen LogP contribution < -0.4 is 5.73 Å². The van der Waals surface area contributed by atoms with Crippen molar-refractivity contribution < 1.29 is 47.5 Å². The smallest absolute Gasteiger partial charge is 0.472 e. The summed E-state index contributed by atoms with van der Waals surface area (Å²) in [5.41, 5.74) is 5.33. The van der Waals surface area contributed by atoms with Crippen molar-refractivity contribution in [2.45, 2.75) is 206 Å². The highest BCUT2D eigenvalue weighted by Crippen LogP contribution is 2.43. The number of carbonyl (C=O) groups is 3. The largest absolute Gasteiger partial charge is 0.480 e. The highest BCUT2D eigenvalue weighted by molar-refractivity contribution is 7.47. The van der Waals surface area contributed by atoms with Crippen molar-refractivity contribution in [1.82, 2.24) is 0 Å². The standard InChI is InChI=1S/C44H80NO10P/c1-3-5-7-9-11-13-15-17-19-20-22-23-25-27-29-31-33-35-42(46)52-37-40(38-53-56(50,51)54-39-41(45)44(48)49)55-43(47)36-34-32-30-28-26-24-21-18-16-14-12-10-8-6-4-2/h11,13,17-19,21,40-41H,3-10,12,14-16,20,22-39,45H2,1-2H3,(H,48,49)(H,50,51)/b13-11-,19-17-,21-18-/t40-,41+/m1/s1. The number of phosphoric ester groups is 1. The van der Waals surface area contributed by atoms with Crippen LogP contribution in [0.5, 0.6) is 0 Å². The number of carbonyl (C=O) groups excluding carboxylic acids is 2. The number of rotatable bonds is 41. The summed E-state index contributed by atoms with van der Waals surface area (Å²) in [6, 6.07) is -1.52. The van der Waals surface area contributed by atoms with Crippen molar-refractivity contribution in [2.24, 2.45) is 5.73 Å². The molecule has 0 rings (SSSR count). The molecular weight excluding hydrogens is 733 g/mol. The molecule has 0 aliphatic heterocycles. The Morgan fingerprint density at radius 3 is 1.45 bits per heavy atom. The maximum absolute atomic E-state index is 12.6. The van der Waals surface area contributed by atoms with Gasteiger partial charge in [0.2, 0.25) is 0 Å². The molecule has 0 aromatic heterocycles. The van der Waals surface area contributed by atoms with Crippen molar-refractivity contribution in [3.05, 3.63) is 36.5 Å². The first kappa shape index (κ1) is 53.7. The topological polar surface area (TPSA) is 172 Å². The summed E-state index contributed by atoms with van der Waals surface area (Å²) >= 11 is 0. The van der Waals surface area contributed by atoms with Crippen LogP contribution in [0.1, 0.15) is 194 Å².